The van der Waals surface area contributed by atoms with Gasteiger partial charge in [-0.2, -0.15) is 0 Å². The van der Waals surface area contributed by atoms with Crippen LogP contribution in [0.4, 0.5) is 4.39 Å². The van der Waals surface area contributed by atoms with E-state index in [2.05, 4.69) is 0 Å². The highest BCUT2D eigenvalue weighted by Gasteiger charge is 2.29. The molecule has 0 aliphatic carbocycles. The van der Waals surface area contributed by atoms with Crippen molar-refractivity contribution in [3.8, 4) is 5.75 Å². The SMILES string of the molecule is O=C(O)CC(F)S(=O)(=O)c1ccc(O)cc1. The molecule has 0 aliphatic rings. The van der Waals surface area contributed by atoms with Crippen LogP contribution in [-0.4, -0.2) is 30.1 Å². The molecule has 1 rings (SSSR count). The van der Waals surface area contributed by atoms with E-state index in [1.165, 1.54) is 0 Å². The van der Waals surface area contributed by atoms with E-state index in [1.54, 1.807) is 0 Å². The van der Waals surface area contributed by atoms with Crippen LogP contribution in [0.5, 0.6) is 5.75 Å². The van der Waals surface area contributed by atoms with Crippen LogP contribution in [0.15, 0.2) is 29.2 Å². The Morgan fingerprint density at radius 1 is 1.31 bits per heavy atom. The Kier molecular flexibility index (Phi) is 3.48. The van der Waals surface area contributed by atoms with Crippen molar-refractivity contribution >= 4 is 15.8 Å². The Morgan fingerprint density at radius 3 is 2.25 bits per heavy atom. The Bertz CT molecular complexity index is 479. The summed E-state index contributed by atoms with van der Waals surface area (Å²) in [5, 5.41) is 17.2. The lowest BCUT2D eigenvalue weighted by molar-refractivity contribution is -0.137. The number of rotatable bonds is 4. The zero-order chi connectivity index (χ0) is 12.3. The fourth-order valence-corrected chi connectivity index (χ4v) is 2.20. The van der Waals surface area contributed by atoms with Gasteiger partial charge in [-0.15, -0.1) is 0 Å². The molecule has 1 unspecified atom stereocenters. The molecule has 88 valence electrons. The molecule has 1 atom stereocenters. The number of carbonyl (C=O) groups is 1. The molecule has 16 heavy (non-hydrogen) atoms. The number of halogens is 1. The molecular weight excluding hydrogens is 239 g/mol. The van der Waals surface area contributed by atoms with Crippen LogP contribution in [-0.2, 0) is 14.6 Å². The smallest absolute Gasteiger partial charge is 0.307 e. The third-order valence-corrected chi connectivity index (χ3v) is 3.61. The number of sulfone groups is 1. The van der Waals surface area contributed by atoms with Gasteiger partial charge in [0, 0.05) is 0 Å². The average Bonchev–Trinajstić information content (AvgIpc) is 2.17. The second-order valence-electron chi connectivity index (χ2n) is 3.05. The lowest BCUT2D eigenvalue weighted by atomic mass is 10.3. The molecule has 0 radical (unpaired) electrons. The molecule has 0 aromatic heterocycles. The minimum Gasteiger partial charge on any atom is -0.508 e. The van der Waals surface area contributed by atoms with Crippen LogP contribution < -0.4 is 0 Å². The van der Waals surface area contributed by atoms with Crippen molar-refractivity contribution in [3.05, 3.63) is 24.3 Å². The number of phenolic OH excluding ortho intramolecular Hbond substituents is 1. The summed E-state index contributed by atoms with van der Waals surface area (Å²) in [5.74, 6) is -1.69. The number of alkyl halides is 1. The zero-order valence-corrected chi connectivity index (χ0v) is 8.82. The molecule has 2 N–H and O–H groups in total. The molecule has 0 saturated carbocycles. The molecule has 1 aromatic carbocycles. The second kappa shape index (κ2) is 4.48. The Labute approximate surface area is 91.1 Å². The van der Waals surface area contributed by atoms with E-state index in [9.17, 15) is 17.6 Å². The Balaban J connectivity index is 3.02. The van der Waals surface area contributed by atoms with E-state index in [0.29, 0.717) is 0 Å². The first-order chi connectivity index (χ1) is 7.34. The number of hydrogen-bond acceptors (Lipinski definition) is 4. The number of carboxylic acid groups (broad SMARTS) is 1. The maximum Gasteiger partial charge on any atom is 0.307 e. The van der Waals surface area contributed by atoms with Gasteiger partial charge >= 0.3 is 5.97 Å². The van der Waals surface area contributed by atoms with Crippen molar-refractivity contribution in [1.82, 2.24) is 0 Å². The van der Waals surface area contributed by atoms with Gasteiger partial charge in [-0.25, -0.2) is 12.8 Å². The van der Waals surface area contributed by atoms with Gasteiger partial charge in [0.15, 0.2) is 0 Å². The number of benzene rings is 1. The average molecular weight is 248 g/mol. The highest BCUT2D eigenvalue weighted by molar-refractivity contribution is 7.92. The van der Waals surface area contributed by atoms with Crippen LogP contribution in [0.3, 0.4) is 0 Å². The lowest BCUT2D eigenvalue weighted by Gasteiger charge is -2.07. The molecule has 0 spiro atoms. The summed E-state index contributed by atoms with van der Waals surface area (Å²) in [6.07, 6.45) is -1.11. The van der Waals surface area contributed by atoms with Crippen molar-refractivity contribution in [2.75, 3.05) is 0 Å². The van der Waals surface area contributed by atoms with Crippen molar-refractivity contribution in [2.24, 2.45) is 0 Å². The number of hydrogen-bond donors (Lipinski definition) is 2. The quantitative estimate of drug-likeness (QED) is 0.827. The predicted molar refractivity (Wildman–Crippen MR) is 52.4 cm³/mol. The van der Waals surface area contributed by atoms with Crippen LogP contribution >= 0.6 is 0 Å². The Morgan fingerprint density at radius 2 is 1.81 bits per heavy atom. The first kappa shape index (κ1) is 12.4. The van der Waals surface area contributed by atoms with Gasteiger partial charge in [0.25, 0.3) is 0 Å². The number of aliphatic carboxylic acids is 1. The van der Waals surface area contributed by atoms with Crippen molar-refractivity contribution in [2.45, 2.75) is 16.8 Å². The number of aromatic hydroxyl groups is 1. The van der Waals surface area contributed by atoms with Crippen LogP contribution in [0.25, 0.3) is 0 Å². The summed E-state index contributed by atoms with van der Waals surface area (Å²) >= 11 is 0. The highest BCUT2D eigenvalue weighted by atomic mass is 32.2. The predicted octanol–water partition coefficient (Wildman–Crippen LogP) is 0.936. The summed E-state index contributed by atoms with van der Waals surface area (Å²) in [7, 11) is -4.31. The van der Waals surface area contributed by atoms with E-state index < -0.39 is 27.7 Å². The van der Waals surface area contributed by atoms with Crippen molar-refractivity contribution < 1.29 is 27.8 Å². The summed E-state index contributed by atoms with van der Waals surface area (Å²) in [6, 6.07) is 4.19. The van der Waals surface area contributed by atoms with Crippen molar-refractivity contribution in [1.29, 1.82) is 0 Å². The monoisotopic (exact) mass is 248 g/mol. The maximum atomic E-state index is 13.2. The topological polar surface area (TPSA) is 91.7 Å². The number of carboxylic acids is 1. The molecule has 1 aromatic rings. The maximum absolute atomic E-state index is 13.2. The third kappa shape index (κ3) is 2.69. The van der Waals surface area contributed by atoms with Gasteiger partial charge in [0.2, 0.25) is 15.3 Å². The van der Waals surface area contributed by atoms with Gasteiger partial charge in [0.05, 0.1) is 11.3 Å². The molecule has 0 aliphatic heterocycles. The van der Waals surface area contributed by atoms with Gasteiger partial charge < -0.3 is 10.2 Å². The molecule has 0 amide bonds. The molecular formula is C9H9FO5S. The second-order valence-corrected chi connectivity index (χ2v) is 5.12. The van der Waals surface area contributed by atoms with E-state index in [4.69, 9.17) is 10.2 Å². The van der Waals surface area contributed by atoms with Gasteiger partial charge in [-0.05, 0) is 24.3 Å². The zero-order valence-electron chi connectivity index (χ0n) is 8.00. The van der Waals surface area contributed by atoms with E-state index in [0.717, 1.165) is 24.3 Å². The number of phenols is 1. The molecule has 7 heteroatoms. The molecule has 0 saturated heterocycles. The van der Waals surface area contributed by atoms with Crippen molar-refractivity contribution in [3.63, 3.8) is 0 Å². The summed E-state index contributed by atoms with van der Waals surface area (Å²) in [6.45, 7) is 0. The molecule has 0 heterocycles. The Hall–Kier alpha value is -1.63. The van der Waals surface area contributed by atoms with E-state index in [-0.39, 0.29) is 10.6 Å². The first-order valence-corrected chi connectivity index (χ1v) is 5.77. The van der Waals surface area contributed by atoms with Crippen LogP contribution in [0.1, 0.15) is 6.42 Å². The summed E-state index contributed by atoms with van der Waals surface area (Å²) in [4.78, 5) is 9.84. The minimum atomic E-state index is -4.31. The lowest BCUT2D eigenvalue weighted by Crippen LogP contribution is -2.20. The van der Waals surface area contributed by atoms with Gasteiger partial charge in [0.1, 0.15) is 5.75 Å². The minimum absolute atomic E-state index is 0.160. The van der Waals surface area contributed by atoms with Gasteiger partial charge in [-0.3, -0.25) is 4.79 Å². The van der Waals surface area contributed by atoms with E-state index in [1.807, 2.05) is 0 Å². The molecule has 0 bridgehead atoms. The standard InChI is InChI=1S/C9H9FO5S/c10-8(5-9(12)13)16(14,15)7-3-1-6(11)2-4-7/h1-4,8,11H,5H2,(H,12,13). The summed E-state index contributed by atoms with van der Waals surface area (Å²) < 4.78 is 36.1. The third-order valence-electron chi connectivity index (χ3n) is 1.84. The highest BCUT2D eigenvalue weighted by Crippen LogP contribution is 2.21. The largest absolute Gasteiger partial charge is 0.508 e. The fraction of sp³-hybridized carbons (Fsp3) is 0.222. The first-order valence-electron chi connectivity index (χ1n) is 4.23. The summed E-state index contributed by atoms with van der Waals surface area (Å²) in [5.41, 5.74) is -2.49. The molecule has 0 fully saturated rings. The van der Waals surface area contributed by atoms with E-state index >= 15 is 0 Å². The van der Waals surface area contributed by atoms with Crippen LogP contribution in [0.2, 0.25) is 0 Å². The van der Waals surface area contributed by atoms with Gasteiger partial charge in [-0.1, -0.05) is 0 Å². The van der Waals surface area contributed by atoms with Crippen LogP contribution in [0, 0.1) is 0 Å². The fourth-order valence-electron chi connectivity index (χ4n) is 1.03. The normalized spacial score (nSPS) is 13.3. The molecule has 5 nitrogen and oxygen atoms in total.